The van der Waals surface area contributed by atoms with Crippen LogP contribution in [0.1, 0.15) is 16.7 Å². The Labute approximate surface area is 148 Å². The molecule has 0 bridgehead atoms. The number of amides is 2. The molecule has 1 N–H and O–H groups in total. The minimum Gasteiger partial charge on any atom is -0.323 e. The fourth-order valence-corrected chi connectivity index (χ4v) is 2.66. The summed E-state index contributed by atoms with van der Waals surface area (Å²) in [6, 6.07) is 21.9. The van der Waals surface area contributed by atoms with E-state index in [1.54, 1.807) is 24.3 Å². The fourth-order valence-electron chi connectivity index (χ4n) is 2.66. The highest BCUT2D eigenvalue weighted by Gasteiger charge is 2.11. The van der Waals surface area contributed by atoms with Crippen LogP contribution < -0.4 is 5.32 Å². The number of nitrogens with one attached hydrogen (secondary N) is 1. The van der Waals surface area contributed by atoms with Gasteiger partial charge in [-0.05, 0) is 41.3 Å². The van der Waals surface area contributed by atoms with Crippen LogP contribution in [-0.2, 0) is 13.0 Å². The molecule has 0 saturated carbocycles. The molecule has 25 heavy (non-hydrogen) atoms. The first-order chi connectivity index (χ1) is 12.2. The van der Waals surface area contributed by atoms with Gasteiger partial charge in [-0.15, -0.1) is 0 Å². The van der Waals surface area contributed by atoms with Crippen LogP contribution in [-0.4, -0.2) is 23.0 Å². The lowest BCUT2D eigenvalue weighted by molar-refractivity contribution is 0.220. The lowest BCUT2D eigenvalue weighted by Crippen LogP contribution is -2.31. The van der Waals surface area contributed by atoms with Crippen molar-refractivity contribution in [1.82, 2.24) is 9.88 Å². The Morgan fingerprint density at radius 3 is 2.36 bits per heavy atom. The molecule has 1 heterocycles. The normalized spacial score (nSPS) is 10.3. The number of pyridine rings is 1. The second-order valence-corrected chi connectivity index (χ2v) is 5.96. The monoisotopic (exact) mass is 331 g/mol. The number of carbonyl (C=O) groups excluding carboxylic acids is 1. The van der Waals surface area contributed by atoms with Gasteiger partial charge >= 0.3 is 6.03 Å². The molecule has 0 aliphatic carbocycles. The van der Waals surface area contributed by atoms with E-state index in [-0.39, 0.29) is 6.03 Å². The highest BCUT2D eigenvalue weighted by Crippen LogP contribution is 2.19. The summed E-state index contributed by atoms with van der Waals surface area (Å²) in [5.74, 6) is 0. The number of benzene rings is 2. The predicted molar refractivity (Wildman–Crippen MR) is 100 cm³/mol. The van der Waals surface area contributed by atoms with Crippen molar-refractivity contribution in [1.29, 1.82) is 0 Å². The number of nitrogens with zero attached hydrogens (tertiary/aromatic N) is 2. The van der Waals surface area contributed by atoms with E-state index in [9.17, 15) is 4.79 Å². The largest absolute Gasteiger partial charge is 0.323 e. The van der Waals surface area contributed by atoms with Crippen LogP contribution in [0.25, 0.3) is 0 Å². The summed E-state index contributed by atoms with van der Waals surface area (Å²) >= 11 is 0. The topological polar surface area (TPSA) is 45.2 Å². The molecule has 0 aliphatic heterocycles. The van der Waals surface area contributed by atoms with Crippen molar-refractivity contribution in [3.63, 3.8) is 0 Å². The molecule has 0 saturated heterocycles. The summed E-state index contributed by atoms with van der Waals surface area (Å²) in [6.45, 7) is 0.537. The first-order valence-corrected chi connectivity index (χ1v) is 8.25. The number of para-hydroxylation sites is 1. The Balaban J connectivity index is 1.69. The lowest BCUT2D eigenvalue weighted by atomic mass is 10.0. The number of carbonyl (C=O) groups is 1. The van der Waals surface area contributed by atoms with Crippen molar-refractivity contribution >= 4 is 11.7 Å². The quantitative estimate of drug-likeness (QED) is 0.756. The standard InChI is InChI=1S/C21H21N3O/c1-24(16-18-11-13-22-14-12-18)21(25)23-20-10-6-5-9-19(20)15-17-7-3-2-4-8-17/h2-14H,15-16H2,1H3,(H,23,25). The SMILES string of the molecule is CN(Cc1ccncc1)C(=O)Nc1ccccc1Cc1ccccc1. The van der Waals surface area contributed by atoms with E-state index in [2.05, 4.69) is 22.4 Å². The maximum absolute atomic E-state index is 12.5. The van der Waals surface area contributed by atoms with Crippen LogP contribution in [0.4, 0.5) is 10.5 Å². The van der Waals surface area contributed by atoms with Crippen molar-refractivity contribution in [3.8, 4) is 0 Å². The zero-order valence-electron chi connectivity index (χ0n) is 14.2. The van der Waals surface area contributed by atoms with E-state index in [1.807, 2.05) is 54.6 Å². The molecular weight excluding hydrogens is 310 g/mol. The molecule has 0 fully saturated rings. The first-order valence-electron chi connectivity index (χ1n) is 8.25. The van der Waals surface area contributed by atoms with E-state index in [1.165, 1.54) is 5.56 Å². The molecule has 0 spiro atoms. The van der Waals surface area contributed by atoms with Crippen LogP contribution in [0.3, 0.4) is 0 Å². The zero-order valence-corrected chi connectivity index (χ0v) is 14.2. The second-order valence-electron chi connectivity index (χ2n) is 5.96. The van der Waals surface area contributed by atoms with Gasteiger partial charge < -0.3 is 10.2 Å². The zero-order chi connectivity index (χ0) is 17.5. The van der Waals surface area contributed by atoms with Crippen molar-refractivity contribution in [2.24, 2.45) is 0 Å². The molecule has 0 aliphatic rings. The van der Waals surface area contributed by atoms with Crippen LogP contribution in [0.15, 0.2) is 79.1 Å². The smallest absolute Gasteiger partial charge is 0.321 e. The van der Waals surface area contributed by atoms with Gasteiger partial charge in [-0.3, -0.25) is 4.98 Å². The minimum absolute atomic E-state index is 0.127. The summed E-state index contributed by atoms with van der Waals surface area (Å²) in [6.07, 6.45) is 4.25. The van der Waals surface area contributed by atoms with Gasteiger partial charge in [0.2, 0.25) is 0 Å². The van der Waals surface area contributed by atoms with E-state index in [4.69, 9.17) is 0 Å². The van der Waals surface area contributed by atoms with Crippen molar-refractivity contribution in [2.75, 3.05) is 12.4 Å². The Morgan fingerprint density at radius 1 is 0.920 bits per heavy atom. The van der Waals surface area contributed by atoms with Crippen molar-refractivity contribution in [2.45, 2.75) is 13.0 Å². The second kappa shape index (κ2) is 8.11. The average Bonchev–Trinajstić information content (AvgIpc) is 2.65. The van der Waals surface area contributed by atoms with Crippen LogP contribution in [0.5, 0.6) is 0 Å². The molecule has 0 atom stereocenters. The van der Waals surface area contributed by atoms with Crippen molar-refractivity contribution < 1.29 is 4.79 Å². The van der Waals surface area contributed by atoms with E-state index >= 15 is 0 Å². The third kappa shape index (κ3) is 4.67. The molecule has 2 aromatic carbocycles. The van der Waals surface area contributed by atoms with Crippen LogP contribution in [0.2, 0.25) is 0 Å². The number of rotatable bonds is 5. The van der Waals surface area contributed by atoms with Gasteiger partial charge in [0.05, 0.1) is 0 Å². The third-order valence-electron chi connectivity index (χ3n) is 4.01. The van der Waals surface area contributed by atoms with Gasteiger partial charge in [-0.25, -0.2) is 4.79 Å². The number of hydrogen-bond donors (Lipinski definition) is 1. The Hall–Kier alpha value is -3.14. The van der Waals surface area contributed by atoms with Crippen molar-refractivity contribution in [3.05, 3.63) is 95.8 Å². The fraction of sp³-hybridized carbons (Fsp3) is 0.143. The van der Waals surface area contributed by atoms with Crippen LogP contribution >= 0.6 is 0 Å². The van der Waals surface area contributed by atoms with Gasteiger partial charge in [-0.1, -0.05) is 48.5 Å². The maximum atomic E-state index is 12.5. The average molecular weight is 331 g/mol. The van der Waals surface area contributed by atoms with Crippen LogP contribution in [0, 0.1) is 0 Å². The number of urea groups is 1. The Morgan fingerprint density at radius 2 is 1.60 bits per heavy atom. The van der Waals surface area contributed by atoms with Gasteiger partial charge in [0.1, 0.15) is 0 Å². The highest BCUT2D eigenvalue weighted by molar-refractivity contribution is 5.90. The molecule has 126 valence electrons. The van der Waals surface area contributed by atoms with E-state index in [0.717, 1.165) is 23.2 Å². The maximum Gasteiger partial charge on any atom is 0.321 e. The molecule has 1 aromatic heterocycles. The summed E-state index contributed by atoms with van der Waals surface area (Å²) in [7, 11) is 1.79. The van der Waals surface area contributed by atoms with E-state index in [0.29, 0.717) is 6.54 Å². The summed E-state index contributed by atoms with van der Waals surface area (Å²) in [4.78, 5) is 18.2. The number of hydrogen-bond acceptors (Lipinski definition) is 2. The number of aromatic nitrogens is 1. The molecule has 0 unspecified atom stereocenters. The molecule has 4 heteroatoms. The Kier molecular flexibility index (Phi) is 5.42. The third-order valence-corrected chi connectivity index (χ3v) is 4.01. The molecule has 0 radical (unpaired) electrons. The van der Waals surface area contributed by atoms with Gasteiger partial charge in [0.15, 0.2) is 0 Å². The summed E-state index contributed by atoms with van der Waals surface area (Å²) < 4.78 is 0. The van der Waals surface area contributed by atoms with Gasteiger partial charge in [0, 0.05) is 31.7 Å². The Bertz CT molecular complexity index is 819. The predicted octanol–water partition coefficient (Wildman–Crippen LogP) is 4.34. The van der Waals surface area contributed by atoms with Gasteiger partial charge in [-0.2, -0.15) is 0 Å². The highest BCUT2D eigenvalue weighted by atomic mass is 16.2. The van der Waals surface area contributed by atoms with Gasteiger partial charge in [0.25, 0.3) is 0 Å². The molecule has 3 rings (SSSR count). The first kappa shape index (κ1) is 16.7. The molecule has 4 nitrogen and oxygen atoms in total. The number of anilines is 1. The molecule has 2 amide bonds. The molecular formula is C21H21N3O. The summed E-state index contributed by atoms with van der Waals surface area (Å²) in [5, 5.41) is 3.02. The van der Waals surface area contributed by atoms with E-state index < -0.39 is 0 Å². The summed E-state index contributed by atoms with van der Waals surface area (Å²) in [5.41, 5.74) is 4.21. The minimum atomic E-state index is -0.127. The lowest BCUT2D eigenvalue weighted by Gasteiger charge is -2.19. The molecule has 3 aromatic rings.